The summed E-state index contributed by atoms with van der Waals surface area (Å²) >= 11 is 0. The number of aromatic nitrogens is 1. The van der Waals surface area contributed by atoms with E-state index in [-0.39, 0.29) is 31.0 Å². The van der Waals surface area contributed by atoms with Crippen LogP contribution in [0.15, 0.2) is 18.3 Å². The topological polar surface area (TPSA) is 54.8 Å². The Labute approximate surface area is 156 Å². The number of hydrogen-bond acceptors (Lipinski definition) is 3. The van der Waals surface area contributed by atoms with Gasteiger partial charge >= 0.3 is 0 Å². The third-order valence-corrected chi connectivity index (χ3v) is 5.60. The predicted molar refractivity (Wildman–Crippen MR) is 99.4 cm³/mol. The Balaban J connectivity index is 1.69. The van der Waals surface area contributed by atoms with Gasteiger partial charge in [-0.15, -0.1) is 0 Å². The standard InChI is InChI=1S/C20H31N3O3/c1-21-12-6-9-18(21)13-22(17-10-11-17)19(24)14-23(20(25)15-26-2)16-7-4-3-5-8-16/h6,9,12,16-17H,3-5,7-8,10-11,13-15H2,1-2H3. The van der Waals surface area contributed by atoms with Gasteiger partial charge in [0.1, 0.15) is 13.2 Å². The molecule has 0 saturated heterocycles. The van der Waals surface area contributed by atoms with Gasteiger partial charge in [-0.1, -0.05) is 19.3 Å². The van der Waals surface area contributed by atoms with Crippen molar-refractivity contribution in [2.75, 3.05) is 20.3 Å². The van der Waals surface area contributed by atoms with Crippen LogP contribution in [0.2, 0.25) is 0 Å². The average molecular weight is 361 g/mol. The van der Waals surface area contributed by atoms with E-state index in [2.05, 4.69) is 10.6 Å². The highest BCUT2D eigenvalue weighted by Crippen LogP contribution is 2.29. The number of amides is 2. The summed E-state index contributed by atoms with van der Waals surface area (Å²) in [5.74, 6) is -0.00825. The van der Waals surface area contributed by atoms with Crippen molar-refractivity contribution in [3.05, 3.63) is 24.0 Å². The van der Waals surface area contributed by atoms with Crippen LogP contribution in [0.1, 0.15) is 50.6 Å². The van der Waals surface area contributed by atoms with Crippen LogP contribution in [0.5, 0.6) is 0 Å². The number of carbonyl (C=O) groups excluding carboxylic acids is 2. The van der Waals surface area contributed by atoms with Crippen molar-refractivity contribution in [3.8, 4) is 0 Å². The van der Waals surface area contributed by atoms with Gasteiger partial charge < -0.3 is 19.1 Å². The van der Waals surface area contributed by atoms with E-state index in [0.717, 1.165) is 44.2 Å². The summed E-state index contributed by atoms with van der Waals surface area (Å²) < 4.78 is 7.11. The van der Waals surface area contributed by atoms with E-state index >= 15 is 0 Å². The molecule has 6 nitrogen and oxygen atoms in total. The molecule has 1 aromatic rings. The lowest BCUT2D eigenvalue weighted by Crippen LogP contribution is -2.49. The van der Waals surface area contributed by atoms with Crippen LogP contribution in [-0.2, 0) is 27.9 Å². The first-order valence-corrected chi connectivity index (χ1v) is 9.78. The monoisotopic (exact) mass is 361 g/mol. The van der Waals surface area contributed by atoms with E-state index in [1.807, 2.05) is 24.2 Å². The first-order valence-electron chi connectivity index (χ1n) is 9.78. The summed E-state index contributed by atoms with van der Waals surface area (Å²) in [5.41, 5.74) is 1.12. The highest BCUT2D eigenvalue weighted by Gasteiger charge is 2.35. The largest absolute Gasteiger partial charge is 0.375 e. The molecule has 0 N–H and O–H groups in total. The van der Waals surface area contributed by atoms with E-state index in [1.54, 1.807) is 4.90 Å². The zero-order valence-corrected chi connectivity index (χ0v) is 16.0. The lowest BCUT2D eigenvalue weighted by Gasteiger charge is -2.35. The molecule has 0 bridgehead atoms. The van der Waals surface area contributed by atoms with Crippen LogP contribution in [0, 0.1) is 0 Å². The number of ether oxygens (including phenoxy) is 1. The molecule has 2 aliphatic rings. The third kappa shape index (κ3) is 4.67. The maximum atomic E-state index is 13.1. The number of hydrogen-bond donors (Lipinski definition) is 0. The number of rotatable bonds is 8. The van der Waals surface area contributed by atoms with Crippen molar-refractivity contribution in [2.45, 2.75) is 63.6 Å². The SMILES string of the molecule is COCC(=O)N(CC(=O)N(Cc1cccn1C)C1CC1)C1CCCCC1. The highest BCUT2D eigenvalue weighted by atomic mass is 16.5. The Kier molecular flexibility index (Phi) is 6.35. The Bertz CT molecular complexity index is 618. The van der Waals surface area contributed by atoms with Crippen molar-refractivity contribution >= 4 is 11.8 Å². The smallest absolute Gasteiger partial charge is 0.249 e. The number of nitrogens with zero attached hydrogens (tertiary/aromatic N) is 3. The molecule has 0 aromatic carbocycles. The summed E-state index contributed by atoms with van der Waals surface area (Å²) in [4.78, 5) is 29.4. The molecule has 0 aliphatic heterocycles. The van der Waals surface area contributed by atoms with E-state index < -0.39 is 0 Å². The van der Waals surface area contributed by atoms with Gasteiger partial charge in [-0.2, -0.15) is 0 Å². The predicted octanol–water partition coefficient (Wildman–Crippen LogP) is 2.32. The van der Waals surface area contributed by atoms with Gasteiger partial charge in [0.2, 0.25) is 11.8 Å². The molecule has 144 valence electrons. The van der Waals surface area contributed by atoms with E-state index in [9.17, 15) is 9.59 Å². The van der Waals surface area contributed by atoms with Crippen molar-refractivity contribution in [1.82, 2.24) is 14.4 Å². The van der Waals surface area contributed by atoms with E-state index in [0.29, 0.717) is 12.6 Å². The molecule has 0 atom stereocenters. The Morgan fingerprint density at radius 3 is 2.35 bits per heavy atom. The summed E-state index contributed by atoms with van der Waals surface area (Å²) in [5, 5.41) is 0. The normalized spacial score (nSPS) is 17.9. The molecule has 6 heteroatoms. The summed E-state index contributed by atoms with van der Waals surface area (Å²) in [6, 6.07) is 4.55. The molecule has 2 saturated carbocycles. The van der Waals surface area contributed by atoms with Crippen molar-refractivity contribution in [3.63, 3.8) is 0 Å². The third-order valence-electron chi connectivity index (χ3n) is 5.60. The fourth-order valence-electron chi connectivity index (χ4n) is 3.90. The fourth-order valence-corrected chi connectivity index (χ4v) is 3.90. The molecule has 1 heterocycles. The molecular formula is C20H31N3O3. The van der Waals surface area contributed by atoms with Gasteiger partial charge in [-0.05, 0) is 37.8 Å². The van der Waals surface area contributed by atoms with Crippen molar-refractivity contribution in [1.29, 1.82) is 0 Å². The van der Waals surface area contributed by atoms with Crippen molar-refractivity contribution < 1.29 is 14.3 Å². The molecule has 1 aromatic heterocycles. The second kappa shape index (κ2) is 8.71. The summed E-state index contributed by atoms with van der Waals surface area (Å²) in [6.07, 6.45) is 9.58. The van der Waals surface area contributed by atoms with E-state index in [1.165, 1.54) is 13.5 Å². The van der Waals surface area contributed by atoms with Crippen LogP contribution in [0.25, 0.3) is 0 Å². The van der Waals surface area contributed by atoms with Crippen LogP contribution in [0.3, 0.4) is 0 Å². The minimum absolute atomic E-state index is 0.0466. The lowest BCUT2D eigenvalue weighted by molar-refractivity contribution is -0.146. The van der Waals surface area contributed by atoms with Crippen LogP contribution in [-0.4, -0.2) is 58.5 Å². The van der Waals surface area contributed by atoms with Gasteiger partial charge in [-0.3, -0.25) is 9.59 Å². The quantitative estimate of drug-likeness (QED) is 0.714. The zero-order chi connectivity index (χ0) is 18.5. The second-order valence-electron chi connectivity index (χ2n) is 7.61. The number of carbonyl (C=O) groups is 2. The highest BCUT2D eigenvalue weighted by molar-refractivity contribution is 5.86. The van der Waals surface area contributed by atoms with Gasteiger partial charge in [0.05, 0.1) is 6.54 Å². The average Bonchev–Trinajstić information content (AvgIpc) is 3.40. The van der Waals surface area contributed by atoms with Gasteiger partial charge in [0, 0.05) is 38.1 Å². The van der Waals surface area contributed by atoms with E-state index in [4.69, 9.17) is 4.74 Å². The molecule has 2 aliphatic carbocycles. The maximum absolute atomic E-state index is 13.1. The molecule has 0 spiro atoms. The molecule has 2 fully saturated rings. The lowest BCUT2D eigenvalue weighted by atomic mass is 9.94. The van der Waals surface area contributed by atoms with Crippen LogP contribution in [0.4, 0.5) is 0 Å². The first kappa shape index (κ1) is 19.0. The molecular weight excluding hydrogens is 330 g/mol. The molecule has 0 unspecified atom stereocenters. The van der Waals surface area contributed by atoms with Crippen LogP contribution < -0.4 is 0 Å². The Morgan fingerprint density at radius 2 is 1.77 bits per heavy atom. The van der Waals surface area contributed by atoms with Gasteiger partial charge in [0.25, 0.3) is 0 Å². The fraction of sp³-hybridized carbons (Fsp3) is 0.700. The molecule has 26 heavy (non-hydrogen) atoms. The van der Waals surface area contributed by atoms with Gasteiger partial charge in [-0.25, -0.2) is 0 Å². The number of aryl methyl sites for hydroxylation is 1. The Morgan fingerprint density at radius 1 is 1.08 bits per heavy atom. The molecule has 3 rings (SSSR count). The molecule has 2 amide bonds. The minimum atomic E-state index is -0.0673. The van der Waals surface area contributed by atoms with Crippen LogP contribution >= 0.6 is 0 Å². The number of methoxy groups -OCH3 is 1. The first-order chi connectivity index (χ1) is 12.6. The maximum Gasteiger partial charge on any atom is 0.249 e. The zero-order valence-electron chi connectivity index (χ0n) is 16.0. The second-order valence-corrected chi connectivity index (χ2v) is 7.61. The van der Waals surface area contributed by atoms with Crippen molar-refractivity contribution in [2.24, 2.45) is 7.05 Å². The minimum Gasteiger partial charge on any atom is -0.375 e. The molecule has 0 radical (unpaired) electrons. The summed E-state index contributed by atoms with van der Waals surface area (Å²) in [6.45, 7) is 0.836. The van der Waals surface area contributed by atoms with Gasteiger partial charge in [0.15, 0.2) is 0 Å². The summed E-state index contributed by atoms with van der Waals surface area (Å²) in [7, 11) is 3.53. The Hall–Kier alpha value is -1.82.